The molecule has 1 fully saturated rings. The SMILES string of the molecule is CCCCCCCCC/C=C/C(O)C(COP(=O)(O)OC1C(O)C(O)C(O)C(O)C1O)NC(=O)CC(O)CCCCCCCCCCCCCCCCCCCCC. The molecule has 9 N–H and O–H groups in total. The number of rotatable bonds is 38. The van der Waals surface area contributed by atoms with Crippen LogP contribution in [-0.2, 0) is 18.4 Å². The van der Waals surface area contributed by atoms with Crippen LogP contribution in [0.1, 0.15) is 200 Å². The van der Waals surface area contributed by atoms with Gasteiger partial charge in [-0.05, 0) is 19.3 Å². The van der Waals surface area contributed by atoms with Crippen molar-refractivity contribution in [1.29, 1.82) is 0 Å². The van der Waals surface area contributed by atoms with Crippen molar-refractivity contribution < 1.29 is 59.0 Å². The van der Waals surface area contributed by atoms with Crippen molar-refractivity contribution in [2.45, 2.75) is 255 Å². The second-order valence-corrected chi connectivity index (χ2v) is 18.2. The lowest BCUT2D eigenvalue weighted by Crippen LogP contribution is -2.64. The Morgan fingerprint density at radius 1 is 0.603 bits per heavy atom. The average molecular weight is 852 g/mol. The number of carbonyl (C=O) groups is 1. The van der Waals surface area contributed by atoms with E-state index < -0.39 is 75.2 Å². The Balaban J connectivity index is 2.44. The molecule has 1 aliphatic carbocycles. The van der Waals surface area contributed by atoms with E-state index in [4.69, 9.17) is 9.05 Å². The highest BCUT2D eigenvalue weighted by atomic mass is 31.2. The summed E-state index contributed by atoms with van der Waals surface area (Å²) in [5.74, 6) is -0.592. The lowest BCUT2D eigenvalue weighted by molar-refractivity contribution is -0.220. The first-order chi connectivity index (χ1) is 27.8. The van der Waals surface area contributed by atoms with Crippen LogP contribution >= 0.6 is 7.82 Å². The molecule has 344 valence electrons. The second-order valence-electron chi connectivity index (χ2n) is 16.8. The van der Waals surface area contributed by atoms with E-state index in [9.17, 15) is 50.0 Å². The lowest BCUT2D eigenvalue weighted by Gasteiger charge is -2.41. The molecular weight excluding hydrogens is 765 g/mol. The molecule has 1 aliphatic rings. The lowest BCUT2D eigenvalue weighted by atomic mass is 9.85. The summed E-state index contributed by atoms with van der Waals surface area (Å²) < 4.78 is 22.8. The first-order valence-electron chi connectivity index (χ1n) is 23.2. The molecule has 0 aromatic rings. The van der Waals surface area contributed by atoms with E-state index in [0.29, 0.717) is 12.8 Å². The summed E-state index contributed by atoms with van der Waals surface area (Å²) >= 11 is 0. The summed E-state index contributed by atoms with van der Waals surface area (Å²) in [7, 11) is -5.13. The molecule has 0 aromatic carbocycles. The summed E-state index contributed by atoms with van der Waals surface area (Å²) in [6.45, 7) is 3.70. The Morgan fingerprint density at radius 2 is 0.983 bits per heavy atom. The Hall–Kier alpha value is -0.960. The molecule has 8 atom stereocenters. The van der Waals surface area contributed by atoms with Gasteiger partial charge in [0.15, 0.2) is 0 Å². The summed E-state index contributed by atoms with van der Waals surface area (Å²) in [4.78, 5) is 23.3. The van der Waals surface area contributed by atoms with Crippen molar-refractivity contribution in [3.63, 3.8) is 0 Å². The molecule has 0 spiro atoms. The molecule has 0 heterocycles. The molecule has 1 saturated carbocycles. The third-order valence-corrected chi connectivity index (χ3v) is 12.4. The van der Waals surface area contributed by atoms with Gasteiger partial charge >= 0.3 is 7.82 Å². The molecule has 0 saturated heterocycles. The largest absolute Gasteiger partial charge is 0.472 e. The molecule has 0 aliphatic heterocycles. The molecule has 13 nitrogen and oxygen atoms in total. The Kier molecular flexibility index (Phi) is 32.9. The van der Waals surface area contributed by atoms with Crippen LogP contribution in [0.4, 0.5) is 0 Å². The summed E-state index contributed by atoms with van der Waals surface area (Å²) in [6, 6.07) is -1.23. The van der Waals surface area contributed by atoms with Gasteiger partial charge in [0.05, 0.1) is 31.3 Å². The first-order valence-corrected chi connectivity index (χ1v) is 24.7. The molecule has 1 amide bonds. The average Bonchev–Trinajstić information content (AvgIpc) is 3.19. The van der Waals surface area contributed by atoms with Gasteiger partial charge in [0.1, 0.15) is 36.6 Å². The molecule has 0 radical (unpaired) electrons. The molecule has 14 heteroatoms. The topological polar surface area (TPSA) is 226 Å². The number of aliphatic hydroxyl groups is 7. The number of amides is 1. The van der Waals surface area contributed by atoms with Gasteiger partial charge in [-0.1, -0.05) is 187 Å². The second kappa shape index (κ2) is 34.6. The summed E-state index contributed by atoms with van der Waals surface area (Å²) in [6.07, 6.45) is 21.9. The van der Waals surface area contributed by atoms with E-state index in [1.165, 1.54) is 128 Å². The molecular formula is C44H86NO12P. The Morgan fingerprint density at radius 3 is 1.41 bits per heavy atom. The third kappa shape index (κ3) is 26.4. The van der Waals surface area contributed by atoms with Crippen LogP contribution in [-0.4, -0.2) is 108 Å². The molecule has 0 aromatic heterocycles. The monoisotopic (exact) mass is 852 g/mol. The van der Waals surface area contributed by atoms with E-state index in [2.05, 4.69) is 19.2 Å². The number of phosphoric acid groups is 1. The van der Waals surface area contributed by atoms with Crippen molar-refractivity contribution in [3.05, 3.63) is 12.2 Å². The number of allylic oxidation sites excluding steroid dienone is 1. The van der Waals surface area contributed by atoms with E-state index in [0.717, 1.165) is 44.9 Å². The van der Waals surface area contributed by atoms with Crippen molar-refractivity contribution >= 4 is 13.7 Å². The van der Waals surface area contributed by atoms with E-state index >= 15 is 0 Å². The van der Waals surface area contributed by atoms with Gasteiger partial charge in [-0.25, -0.2) is 4.57 Å². The quantitative estimate of drug-likeness (QED) is 0.0168. The first kappa shape index (κ1) is 55.1. The predicted molar refractivity (Wildman–Crippen MR) is 229 cm³/mol. The zero-order chi connectivity index (χ0) is 43.0. The fourth-order valence-electron chi connectivity index (χ4n) is 7.54. The van der Waals surface area contributed by atoms with Gasteiger partial charge in [0.2, 0.25) is 5.91 Å². The van der Waals surface area contributed by atoms with Crippen LogP contribution in [0, 0.1) is 0 Å². The van der Waals surface area contributed by atoms with E-state index in [1.54, 1.807) is 6.08 Å². The number of nitrogens with one attached hydrogen (secondary N) is 1. The maximum Gasteiger partial charge on any atom is 0.472 e. The van der Waals surface area contributed by atoms with Crippen molar-refractivity contribution in [1.82, 2.24) is 5.32 Å². The summed E-state index contributed by atoms with van der Waals surface area (Å²) in [5, 5.41) is 74.2. The van der Waals surface area contributed by atoms with Crippen molar-refractivity contribution in [2.75, 3.05) is 6.61 Å². The smallest absolute Gasteiger partial charge is 0.393 e. The van der Waals surface area contributed by atoms with Crippen LogP contribution in [0.2, 0.25) is 0 Å². The highest BCUT2D eigenvalue weighted by molar-refractivity contribution is 7.47. The normalized spacial score (nSPS) is 23.8. The van der Waals surface area contributed by atoms with Gasteiger partial charge < -0.3 is 46.0 Å². The minimum atomic E-state index is -5.13. The van der Waals surface area contributed by atoms with Crippen molar-refractivity contribution in [2.24, 2.45) is 0 Å². The molecule has 0 bridgehead atoms. The zero-order valence-electron chi connectivity index (χ0n) is 36.2. The number of phosphoric ester groups is 1. The van der Waals surface area contributed by atoms with Gasteiger partial charge in [-0.2, -0.15) is 0 Å². The number of hydrogen-bond acceptors (Lipinski definition) is 11. The number of hydrogen-bond donors (Lipinski definition) is 9. The van der Waals surface area contributed by atoms with Crippen LogP contribution < -0.4 is 5.32 Å². The van der Waals surface area contributed by atoms with Crippen LogP contribution in [0.25, 0.3) is 0 Å². The van der Waals surface area contributed by atoms with Crippen LogP contribution in [0.5, 0.6) is 0 Å². The number of carbonyl (C=O) groups excluding carboxylic acids is 1. The minimum Gasteiger partial charge on any atom is -0.393 e. The van der Waals surface area contributed by atoms with Gasteiger partial charge in [0, 0.05) is 0 Å². The van der Waals surface area contributed by atoms with Crippen LogP contribution in [0.3, 0.4) is 0 Å². The van der Waals surface area contributed by atoms with E-state index in [1.807, 2.05) is 0 Å². The zero-order valence-corrected chi connectivity index (χ0v) is 37.1. The molecule has 8 unspecified atom stereocenters. The fraction of sp³-hybridized carbons (Fsp3) is 0.932. The minimum absolute atomic E-state index is 0.240. The van der Waals surface area contributed by atoms with Crippen LogP contribution in [0.15, 0.2) is 12.2 Å². The molecule has 58 heavy (non-hydrogen) atoms. The Bertz CT molecular complexity index is 1050. The van der Waals surface area contributed by atoms with E-state index in [-0.39, 0.29) is 6.42 Å². The third-order valence-electron chi connectivity index (χ3n) is 11.4. The summed E-state index contributed by atoms with van der Waals surface area (Å²) in [5.41, 5.74) is 0. The highest BCUT2D eigenvalue weighted by Crippen LogP contribution is 2.47. The Labute approximate surface area is 351 Å². The van der Waals surface area contributed by atoms with Gasteiger partial charge in [0.25, 0.3) is 0 Å². The van der Waals surface area contributed by atoms with Crippen molar-refractivity contribution in [3.8, 4) is 0 Å². The fourth-order valence-corrected chi connectivity index (χ4v) is 8.50. The maximum absolute atomic E-state index is 13.0. The molecule has 1 rings (SSSR count). The maximum atomic E-state index is 13.0. The standard InChI is InChI=1S/C44H86NO12P/c1-3-5-7-9-11-13-14-15-16-17-18-19-20-21-22-24-25-27-29-31-35(46)33-38(48)45-36(37(47)32-30-28-26-23-12-10-8-6-4-2)34-56-58(54,55)57-44-42(52)40(50)39(49)41(51)43(44)53/h30,32,35-37,39-44,46-47,49-53H,3-29,31,33-34H2,1-2H3,(H,45,48)(H,54,55)/b32-30+. The number of unbranched alkanes of at least 4 members (excludes halogenated alkanes) is 25. The highest BCUT2D eigenvalue weighted by Gasteiger charge is 2.51. The predicted octanol–water partition coefficient (Wildman–Crippen LogP) is 7.42. The number of aliphatic hydroxyl groups excluding tert-OH is 7. The van der Waals surface area contributed by atoms with Gasteiger partial charge in [-0.3, -0.25) is 13.8 Å². The van der Waals surface area contributed by atoms with Gasteiger partial charge in [-0.15, -0.1) is 0 Å².